The van der Waals surface area contributed by atoms with E-state index in [1.165, 1.54) is 12.1 Å². The molecule has 0 bridgehead atoms. The van der Waals surface area contributed by atoms with Gasteiger partial charge >= 0.3 is 0 Å². The summed E-state index contributed by atoms with van der Waals surface area (Å²) in [7, 11) is 0. The van der Waals surface area contributed by atoms with E-state index in [-0.39, 0.29) is 34.3 Å². The molecule has 1 aliphatic heterocycles. The molecule has 1 aromatic rings. The number of amides is 1. The Balaban J connectivity index is 2.52. The van der Waals surface area contributed by atoms with Crippen molar-refractivity contribution in [2.24, 2.45) is 0 Å². The predicted octanol–water partition coefficient (Wildman–Crippen LogP) is 2.19. The quantitative estimate of drug-likeness (QED) is 0.378. The van der Waals surface area contributed by atoms with Crippen LogP contribution in [0.3, 0.4) is 0 Å². The van der Waals surface area contributed by atoms with Gasteiger partial charge in [-0.1, -0.05) is 24.0 Å². The van der Waals surface area contributed by atoms with Crippen molar-refractivity contribution in [3.05, 3.63) is 32.7 Å². The van der Waals surface area contributed by atoms with Gasteiger partial charge in [0, 0.05) is 11.6 Å². The first kappa shape index (κ1) is 15.3. The highest BCUT2D eigenvalue weighted by atomic mass is 32.2. The Morgan fingerprint density at radius 3 is 2.81 bits per heavy atom. The van der Waals surface area contributed by atoms with Crippen molar-refractivity contribution >= 4 is 46.0 Å². The second kappa shape index (κ2) is 6.10. The van der Waals surface area contributed by atoms with Gasteiger partial charge in [-0.05, 0) is 13.0 Å². The minimum absolute atomic E-state index is 0.00969. The van der Waals surface area contributed by atoms with Crippen LogP contribution in [0.5, 0.6) is 11.5 Å². The van der Waals surface area contributed by atoms with Crippen molar-refractivity contribution in [1.82, 2.24) is 5.32 Å². The lowest BCUT2D eigenvalue weighted by atomic mass is 10.1. The normalized spacial score (nSPS) is 16.1. The highest BCUT2D eigenvalue weighted by Crippen LogP contribution is 2.37. The molecule has 110 valence electrons. The minimum atomic E-state index is -0.601. The highest BCUT2D eigenvalue weighted by Gasteiger charge is 2.24. The molecule has 7 nitrogen and oxygen atoms in total. The molecule has 2 rings (SSSR count). The second-order valence-corrected chi connectivity index (χ2v) is 5.64. The van der Waals surface area contributed by atoms with Gasteiger partial charge in [-0.3, -0.25) is 14.9 Å². The number of nitro benzene ring substituents is 1. The van der Waals surface area contributed by atoms with Gasteiger partial charge in [0.25, 0.3) is 11.6 Å². The van der Waals surface area contributed by atoms with Gasteiger partial charge in [-0.25, -0.2) is 0 Å². The average molecular weight is 326 g/mol. The van der Waals surface area contributed by atoms with Gasteiger partial charge in [0.1, 0.15) is 4.32 Å². The largest absolute Gasteiger partial charge is 0.504 e. The smallest absolute Gasteiger partial charge is 0.274 e. The molecule has 0 aromatic heterocycles. The van der Waals surface area contributed by atoms with E-state index >= 15 is 0 Å². The number of carbonyl (C=O) groups is 1. The number of nitrogens with one attached hydrogen (secondary N) is 1. The van der Waals surface area contributed by atoms with Gasteiger partial charge in [0.2, 0.25) is 0 Å². The van der Waals surface area contributed by atoms with E-state index in [4.69, 9.17) is 17.0 Å². The van der Waals surface area contributed by atoms with E-state index in [1.54, 1.807) is 6.92 Å². The summed E-state index contributed by atoms with van der Waals surface area (Å²) in [4.78, 5) is 22.2. The number of phenols is 1. The molecule has 1 aliphatic rings. The first-order valence-electron chi connectivity index (χ1n) is 5.81. The molecular weight excluding hydrogens is 316 g/mol. The summed E-state index contributed by atoms with van der Waals surface area (Å²) in [5.41, 5.74) is -0.121. The summed E-state index contributed by atoms with van der Waals surface area (Å²) in [6.45, 7) is 1.93. The predicted molar refractivity (Wildman–Crippen MR) is 82.2 cm³/mol. The van der Waals surface area contributed by atoms with Crippen LogP contribution in [0.4, 0.5) is 5.69 Å². The number of aromatic hydroxyl groups is 1. The molecule has 0 atom stereocenters. The lowest BCUT2D eigenvalue weighted by Gasteiger charge is -2.08. The molecule has 1 saturated heterocycles. The number of hydrogen-bond donors (Lipinski definition) is 2. The monoisotopic (exact) mass is 326 g/mol. The van der Waals surface area contributed by atoms with Crippen molar-refractivity contribution in [3.63, 3.8) is 0 Å². The number of nitrogens with zero attached hydrogens (tertiary/aromatic N) is 1. The summed E-state index contributed by atoms with van der Waals surface area (Å²) in [6.07, 6.45) is 1.34. The van der Waals surface area contributed by atoms with Crippen LogP contribution in [0.2, 0.25) is 0 Å². The SMILES string of the molecule is CCOc1cc([N+](=O)[O-])cc(/C=C2\SC(=S)NC2=O)c1O. The van der Waals surface area contributed by atoms with Crippen molar-refractivity contribution in [2.45, 2.75) is 6.92 Å². The average Bonchev–Trinajstić information content (AvgIpc) is 2.72. The van der Waals surface area contributed by atoms with Crippen LogP contribution in [0.1, 0.15) is 12.5 Å². The molecule has 0 unspecified atom stereocenters. The first-order chi connectivity index (χ1) is 9.92. The molecule has 1 heterocycles. The first-order valence-corrected chi connectivity index (χ1v) is 7.04. The van der Waals surface area contributed by atoms with Crippen LogP contribution in [-0.4, -0.2) is 26.9 Å². The van der Waals surface area contributed by atoms with E-state index in [9.17, 15) is 20.0 Å². The Morgan fingerprint density at radius 2 is 2.29 bits per heavy atom. The summed E-state index contributed by atoms with van der Waals surface area (Å²) in [5, 5.41) is 23.4. The number of thiocarbonyl (C=S) groups is 1. The third-order valence-electron chi connectivity index (χ3n) is 2.53. The fourth-order valence-corrected chi connectivity index (χ4v) is 2.69. The Labute approximate surface area is 129 Å². The summed E-state index contributed by atoms with van der Waals surface area (Å²) in [5.74, 6) is -0.681. The fraction of sp³-hybridized carbons (Fsp3) is 0.167. The zero-order valence-electron chi connectivity index (χ0n) is 10.8. The molecule has 9 heteroatoms. The molecular formula is C12H10N2O5S2. The zero-order chi connectivity index (χ0) is 15.6. The topological polar surface area (TPSA) is 102 Å². The molecule has 0 radical (unpaired) electrons. The number of nitro groups is 1. The molecule has 0 aliphatic carbocycles. The number of phenolic OH excluding ortho intramolecular Hbond substituents is 1. The Morgan fingerprint density at radius 1 is 1.57 bits per heavy atom. The standard InChI is InChI=1S/C12H10N2O5S2/c1-2-19-8-5-7(14(17)18)3-6(10(8)15)4-9-11(16)13-12(20)21-9/h3-5,15H,2H2,1H3,(H,13,16,20)/b9-4-. The maximum atomic E-state index is 11.6. The molecule has 0 saturated carbocycles. The Kier molecular flexibility index (Phi) is 4.43. The van der Waals surface area contributed by atoms with Crippen LogP contribution in [0, 0.1) is 10.1 Å². The maximum Gasteiger partial charge on any atom is 0.274 e. The number of carbonyl (C=O) groups excluding carboxylic acids is 1. The van der Waals surface area contributed by atoms with Crippen molar-refractivity contribution < 1.29 is 19.6 Å². The molecule has 1 aromatic carbocycles. The van der Waals surface area contributed by atoms with Crippen molar-refractivity contribution in [3.8, 4) is 11.5 Å². The minimum Gasteiger partial charge on any atom is -0.504 e. The van der Waals surface area contributed by atoms with Gasteiger partial charge in [0.15, 0.2) is 11.5 Å². The summed E-state index contributed by atoms with van der Waals surface area (Å²) >= 11 is 5.87. The Bertz CT molecular complexity index is 672. The molecule has 0 spiro atoms. The number of benzene rings is 1. The molecule has 1 amide bonds. The van der Waals surface area contributed by atoms with Gasteiger partial charge in [-0.2, -0.15) is 0 Å². The number of thioether (sulfide) groups is 1. The van der Waals surface area contributed by atoms with E-state index < -0.39 is 10.8 Å². The lowest BCUT2D eigenvalue weighted by Crippen LogP contribution is -2.17. The van der Waals surface area contributed by atoms with Crippen LogP contribution >= 0.6 is 24.0 Å². The fourth-order valence-electron chi connectivity index (χ4n) is 1.66. The number of ether oxygens (including phenoxy) is 1. The van der Waals surface area contributed by atoms with Crippen LogP contribution in [0.25, 0.3) is 6.08 Å². The van der Waals surface area contributed by atoms with Crippen LogP contribution in [0.15, 0.2) is 17.0 Å². The Hall–Kier alpha value is -2.13. The van der Waals surface area contributed by atoms with E-state index in [0.29, 0.717) is 4.32 Å². The zero-order valence-corrected chi connectivity index (χ0v) is 12.4. The maximum absolute atomic E-state index is 11.6. The van der Waals surface area contributed by atoms with Crippen molar-refractivity contribution in [2.75, 3.05) is 6.61 Å². The number of hydrogen-bond acceptors (Lipinski definition) is 7. The molecule has 1 fully saturated rings. The van der Waals surface area contributed by atoms with Crippen LogP contribution < -0.4 is 10.1 Å². The number of non-ortho nitro benzene ring substituents is 1. The van der Waals surface area contributed by atoms with Gasteiger partial charge in [0.05, 0.1) is 22.5 Å². The molecule has 2 N–H and O–H groups in total. The van der Waals surface area contributed by atoms with Crippen molar-refractivity contribution in [1.29, 1.82) is 0 Å². The van der Waals surface area contributed by atoms with Crippen LogP contribution in [-0.2, 0) is 4.79 Å². The van der Waals surface area contributed by atoms with E-state index in [1.807, 2.05) is 0 Å². The third kappa shape index (κ3) is 3.31. The summed E-state index contributed by atoms with van der Waals surface area (Å²) in [6, 6.07) is 2.30. The highest BCUT2D eigenvalue weighted by molar-refractivity contribution is 8.26. The van der Waals surface area contributed by atoms with Gasteiger partial charge in [-0.15, -0.1) is 0 Å². The van der Waals surface area contributed by atoms with E-state index in [2.05, 4.69) is 5.32 Å². The third-order valence-corrected chi connectivity index (χ3v) is 3.69. The summed E-state index contributed by atoms with van der Waals surface area (Å²) < 4.78 is 5.46. The second-order valence-electron chi connectivity index (χ2n) is 3.92. The lowest BCUT2D eigenvalue weighted by molar-refractivity contribution is -0.385. The van der Waals surface area contributed by atoms with Gasteiger partial charge < -0.3 is 15.2 Å². The van der Waals surface area contributed by atoms with E-state index in [0.717, 1.165) is 17.8 Å². The number of rotatable bonds is 4. The molecule has 21 heavy (non-hydrogen) atoms.